The maximum Gasteiger partial charge on any atom is 0.178 e. The summed E-state index contributed by atoms with van der Waals surface area (Å²) in [6, 6.07) is 27.3. The Balaban J connectivity index is 1.33. The number of anilines is 5. The summed E-state index contributed by atoms with van der Waals surface area (Å²) >= 11 is 0. The highest BCUT2D eigenvalue weighted by Gasteiger charge is 2.68. The first-order valence-electron chi connectivity index (χ1n) is 16.9. The molecule has 6 heteroatoms. The summed E-state index contributed by atoms with van der Waals surface area (Å²) in [5.74, 6) is 1.92. The Labute approximate surface area is 277 Å². The molecule has 234 valence electrons. The lowest BCUT2D eigenvalue weighted by Crippen LogP contribution is -2.62. The number of allylic oxidation sites excluding steroid dienone is 4. The van der Waals surface area contributed by atoms with Gasteiger partial charge in [0.15, 0.2) is 11.6 Å². The molecular formula is C41H40N6. The van der Waals surface area contributed by atoms with Crippen molar-refractivity contribution in [1.82, 2.24) is 9.97 Å². The van der Waals surface area contributed by atoms with Crippen LogP contribution >= 0.6 is 0 Å². The summed E-state index contributed by atoms with van der Waals surface area (Å²) in [5, 5.41) is 0. The number of aromatic nitrogens is 2. The highest BCUT2D eigenvalue weighted by molar-refractivity contribution is 5.87. The standard InChI is InChI=1S/C41H40N6/c1-6-14-29(7-2)36-27(4)45-34-20-19-28-25-32(34)40(8-3,26-28)41(22-21-35(45)46(36)30-15-10-9-11-16-30)31-17-12-13-18-33(31)47-38-37(42-23-24-43-38)44(5)39(41)47/h6-7,9-20,23-25,35,39H,1-2,8,21-22,26H2,3-5H3. The number of para-hydroxylation sites is 2. The molecule has 4 aromatic rings. The molecule has 4 aliphatic heterocycles. The van der Waals surface area contributed by atoms with Gasteiger partial charge in [0, 0.05) is 53.0 Å². The third-order valence-corrected chi connectivity index (χ3v) is 11.9. The van der Waals surface area contributed by atoms with E-state index in [1.807, 2.05) is 24.5 Å². The van der Waals surface area contributed by atoms with E-state index in [-0.39, 0.29) is 23.2 Å². The Morgan fingerprint density at radius 3 is 2.40 bits per heavy atom. The maximum atomic E-state index is 4.96. The van der Waals surface area contributed by atoms with E-state index in [1.165, 1.54) is 45.1 Å². The highest BCUT2D eigenvalue weighted by atomic mass is 15.5. The van der Waals surface area contributed by atoms with E-state index in [1.54, 1.807) is 0 Å². The van der Waals surface area contributed by atoms with Crippen molar-refractivity contribution in [3.8, 4) is 0 Å². The van der Waals surface area contributed by atoms with Crippen molar-refractivity contribution < 1.29 is 0 Å². The zero-order chi connectivity index (χ0) is 32.1. The van der Waals surface area contributed by atoms with Gasteiger partial charge in [-0.25, -0.2) is 9.97 Å². The van der Waals surface area contributed by atoms with Gasteiger partial charge in [-0.2, -0.15) is 0 Å². The Morgan fingerprint density at radius 2 is 1.64 bits per heavy atom. The molecule has 6 nitrogen and oxygen atoms in total. The van der Waals surface area contributed by atoms with Gasteiger partial charge in [0.05, 0.1) is 5.70 Å². The number of likely N-dealkylation sites (N-methyl/N-ethyl adjacent to an activating group) is 1. The van der Waals surface area contributed by atoms with Gasteiger partial charge in [-0.3, -0.25) is 0 Å². The van der Waals surface area contributed by atoms with Gasteiger partial charge in [0.25, 0.3) is 0 Å². The van der Waals surface area contributed by atoms with Gasteiger partial charge < -0.3 is 19.6 Å². The molecule has 1 aromatic heterocycles. The highest BCUT2D eigenvalue weighted by Crippen LogP contribution is 2.68. The Kier molecular flexibility index (Phi) is 5.96. The van der Waals surface area contributed by atoms with Crippen molar-refractivity contribution in [1.29, 1.82) is 0 Å². The summed E-state index contributed by atoms with van der Waals surface area (Å²) in [6.45, 7) is 13.0. The van der Waals surface area contributed by atoms with Crippen molar-refractivity contribution in [3.05, 3.63) is 150 Å². The maximum absolute atomic E-state index is 4.96. The van der Waals surface area contributed by atoms with Crippen LogP contribution in [-0.4, -0.2) is 29.3 Å². The van der Waals surface area contributed by atoms with E-state index in [0.717, 1.165) is 42.9 Å². The smallest absolute Gasteiger partial charge is 0.178 e. The van der Waals surface area contributed by atoms with Crippen LogP contribution in [0.5, 0.6) is 0 Å². The molecule has 0 fully saturated rings. The number of hydrogen-bond acceptors (Lipinski definition) is 6. The lowest BCUT2D eigenvalue weighted by Gasteiger charge is -2.55. The quantitative estimate of drug-likeness (QED) is 0.209. The van der Waals surface area contributed by atoms with Gasteiger partial charge in [0.1, 0.15) is 12.3 Å². The number of benzene rings is 3. The van der Waals surface area contributed by atoms with Gasteiger partial charge in [-0.05, 0) is 79.1 Å². The topological polar surface area (TPSA) is 38.7 Å². The molecule has 1 spiro atoms. The zero-order valence-corrected chi connectivity index (χ0v) is 27.4. The number of fused-ring (bicyclic) bond motifs is 11. The molecule has 5 aliphatic rings. The summed E-state index contributed by atoms with van der Waals surface area (Å²) in [7, 11) is 2.23. The molecule has 0 saturated heterocycles. The molecule has 0 amide bonds. The van der Waals surface area contributed by atoms with Crippen molar-refractivity contribution >= 4 is 28.7 Å². The number of hydrogen-bond donors (Lipinski definition) is 0. The minimum atomic E-state index is -0.232. The SMILES string of the molecule is C=CC=C(C=C)C1=C(C)N2c3ccc4cc3C(CC)(C4)C3(CCC2N1c1ccccc1)c1ccccc1N1c2nccnc2N(C)C13. The first kappa shape index (κ1) is 28.1. The predicted octanol–water partition coefficient (Wildman–Crippen LogP) is 8.52. The third kappa shape index (κ3) is 3.35. The van der Waals surface area contributed by atoms with E-state index in [4.69, 9.17) is 9.97 Å². The Bertz CT molecular complexity index is 2030. The average Bonchev–Trinajstić information content (AvgIpc) is 3.77. The Hall–Kier alpha value is -5.10. The minimum Gasteiger partial charge on any atom is -0.335 e. The molecule has 1 aliphatic carbocycles. The van der Waals surface area contributed by atoms with Crippen LogP contribution in [0.4, 0.5) is 28.7 Å². The molecule has 2 bridgehead atoms. The fourth-order valence-electron chi connectivity index (χ4n) is 10.3. The molecule has 3 aromatic carbocycles. The van der Waals surface area contributed by atoms with Crippen molar-refractivity contribution in [3.63, 3.8) is 0 Å². The van der Waals surface area contributed by atoms with E-state index in [9.17, 15) is 0 Å². The number of nitrogens with zero attached hydrogens (tertiary/aromatic N) is 6. The van der Waals surface area contributed by atoms with E-state index in [0.29, 0.717) is 0 Å². The molecule has 0 saturated carbocycles. The van der Waals surface area contributed by atoms with Crippen LogP contribution in [0, 0.1) is 0 Å². The minimum absolute atomic E-state index is 0.0513. The monoisotopic (exact) mass is 616 g/mol. The first-order valence-corrected chi connectivity index (χ1v) is 16.9. The predicted molar refractivity (Wildman–Crippen MR) is 192 cm³/mol. The van der Waals surface area contributed by atoms with Crippen LogP contribution in [-0.2, 0) is 17.3 Å². The fourth-order valence-corrected chi connectivity index (χ4v) is 10.3. The molecule has 47 heavy (non-hydrogen) atoms. The van der Waals surface area contributed by atoms with Gasteiger partial charge in [0.2, 0.25) is 0 Å². The average molecular weight is 617 g/mol. The normalized spacial score (nSPS) is 26.7. The van der Waals surface area contributed by atoms with Crippen LogP contribution in [0.3, 0.4) is 0 Å². The molecular weight excluding hydrogens is 576 g/mol. The van der Waals surface area contributed by atoms with Crippen molar-refractivity contribution in [2.45, 2.75) is 62.7 Å². The second-order valence-electron chi connectivity index (χ2n) is 13.6. The lowest BCUT2D eigenvalue weighted by molar-refractivity contribution is 0.157. The van der Waals surface area contributed by atoms with Crippen LogP contribution in [0.15, 0.2) is 134 Å². The van der Waals surface area contributed by atoms with Crippen molar-refractivity contribution in [2.24, 2.45) is 0 Å². The van der Waals surface area contributed by atoms with Crippen LogP contribution < -0.4 is 19.6 Å². The molecule has 9 rings (SSSR count). The number of rotatable bonds is 5. The van der Waals surface area contributed by atoms with Crippen LogP contribution in [0.2, 0.25) is 0 Å². The van der Waals surface area contributed by atoms with Gasteiger partial charge >= 0.3 is 0 Å². The summed E-state index contributed by atoms with van der Waals surface area (Å²) < 4.78 is 0. The summed E-state index contributed by atoms with van der Waals surface area (Å²) in [5.41, 5.74) is 11.2. The lowest BCUT2D eigenvalue weighted by atomic mass is 9.52. The van der Waals surface area contributed by atoms with Crippen LogP contribution in [0.1, 0.15) is 49.8 Å². The largest absolute Gasteiger partial charge is 0.335 e. The van der Waals surface area contributed by atoms with E-state index < -0.39 is 0 Å². The van der Waals surface area contributed by atoms with Gasteiger partial charge in [-0.15, -0.1) is 0 Å². The molecule has 0 N–H and O–H groups in total. The van der Waals surface area contributed by atoms with E-state index >= 15 is 0 Å². The van der Waals surface area contributed by atoms with Crippen molar-refractivity contribution in [2.75, 3.05) is 26.6 Å². The second-order valence-corrected chi connectivity index (χ2v) is 13.6. The first-order chi connectivity index (χ1) is 23.0. The fraction of sp³-hybridized carbons (Fsp3) is 0.268. The zero-order valence-electron chi connectivity index (χ0n) is 27.4. The molecule has 4 atom stereocenters. The second kappa shape index (κ2) is 9.95. The molecule has 4 unspecified atom stereocenters. The Morgan fingerprint density at radius 1 is 0.894 bits per heavy atom. The van der Waals surface area contributed by atoms with Crippen LogP contribution in [0.25, 0.3) is 0 Å². The third-order valence-electron chi connectivity index (χ3n) is 11.9. The van der Waals surface area contributed by atoms with E-state index in [2.05, 4.69) is 133 Å². The summed E-state index contributed by atoms with van der Waals surface area (Å²) in [6.07, 6.45) is 13.7. The van der Waals surface area contributed by atoms with Gasteiger partial charge in [-0.1, -0.05) is 86.8 Å². The molecule has 5 heterocycles. The molecule has 0 radical (unpaired) electrons. The summed E-state index contributed by atoms with van der Waals surface area (Å²) in [4.78, 5) is 20.0.